The van der Waals surface area contributed by atoms with Crippen LogP contribution in [0.3, 0.4) is 0 Å². The lowest BCUT2D eigenvalue weighted by atomic mass is 9.63. The third kappa shape index (κ3) is 0.704. The molecule has 2 saturated carbocycles. The zero-order chi connectivity index (χ0) is 11.0. The summed E-state index contributed by atoms with van der Waals surface area (Å²) in [7, 11) is 0. The van der Waals surface area contributed by atoms with E-state index in [1.165, 1.54) is 0 Å². The molecule has 2 fully saturated rings. The number of hydrogen-bond donors (Lipinski definition) is 2. The van der Waals surface area contributed by atoms with Crippen LogP contribution in [-0.2, 0) is 0 Å². The quantitative estimate of drug-likeness (QED) is 0.624. The van der Waals surface area contributed by atoms with E-state index in [9.17, 15) is 10.2 Å². The molecule has 0 amide bonds. The van der Waals surface area contributed by atoms with Crippen LogP contribution >= 0.6 is 0 Å². The molecular weight excluding hydrogens is 176 g/mol. The van der Waals surface area contributed by atoms with Gasteiger partial charge in [0.15, 0.2) is 0 Å². The summed E-state index contributed by atoms with van der Waals surface area (Å²) in [5.74, 6) is 0.218. The van der Waals surface area contributed by atoms with E-state index in [0.717, 1.165) is 12.8 Å². The Balaban J connectivity index is 2.62. The molecule has 0 aromatic heterocycles. The van der Waals surface area contributed by atoms with Gasteiger partial charge in [-0.1, -0.05) is 20.8 Å². The summed E-state index contributed by atoms with van der Waals surface area (Å²) in [6.45, 7) is 10.1. The molecule has 2 rings (SSSR count). The average Bonchev–Trinajstić information content (AvgIpc) is 2.26. The smallest absolute Gasteiger partial charge is 0.0963 e. The predicted molar refractivity (Wildman–Crippen MR) is 55.9 cm³/mol. The van der Waals surface area contributed by atoms with E-state index in [-0.39, 0.29) is 16.7 Å². The summed E-state index contributed by atoms with van der Waals surface area (Å²) in [6.07, 6.45) is 2.06. The Morgan fingerprint density at radius 2 is 1.50 bits per heavy atom. The highest BCUT2D eigenvalue weighted by Gasteiger charge is 2.76. The van der Waals surface area contributed by atoms with Crippen molar-refractivity contribution in [2.24, 2.45) is 16.7 Å². The van der Waals surface area contributed by atoms with E-state index in [0.29, 0.717) is 0 Å². The summed E-state index contributed by atoms with van der Waals surface area (Å²) in [6, 6.07) is 0. The van der Waals surface area contributed by atoms with Crippen molar-refractivity contribution in [1.29, 1.82) is 0 Å². The Morgan fingerprint density at radius 1 is 1.00 bits per heavy atom. The summed E-state index contributed by atoms with van der Waals surface area (Å²) in [5, 5.41) is 21.0. The first-order valence-electron chi connectivity index (χ1n) is 5.54. The van der Waals surface area contributed by atoms with Gasteiger partial charge in [-0.05, 0) is 38.0 Å². The van der Waals surface area contributed by atoms with Gasteiger partial charge in [0.1, 0.15) is 0 Å². The summed E-state index contributed by atoms with van der Waals surface area (Å²) < 4.78 is 0. The normalized spacial score (nSPS) is 60.6. The highest BCUT2D eigenvalue weighted by molar-refractivity contribution is 5.25. The van der Waals surface area contributed by atoms with Crippen molar-refractivity contribution in [3.05, 3.63) is 0 Å². The van der Waals surface area contributed by atoms with Gasteiger partial charge < -0.3 is 10.2 Å². The molecule has 2 N–H and O–H groups in total. The van der Waals surface area contributed by atoms with Crippen molar-refractivity contribution in [1.82, 2.24) is 0 Å². The minimum atomic E-state index is -0.966. The molecule has 2 bridgehead atoms. The van der Waals surface area contributed by atoms with E-state index in [1.54, 1.807) is 13.8 Å². The maximum Gasteiger partial charge on any atom is 0.0963 e. The second-order valence-corrected chi connectivity index (χ2v) is 6.36. The van der Waals surface area contributed by atoms with E-state index >= 15 is 0 Å². The van der Waals surface area contributed by atoms with Gasteiger partial charge >= 0.3 is 0 Å². The molecule has 0 aliphatic heterocycles. The van der Waals surface area contributed by atoms with E-state index in [4.69, 9.17) is 0 Å². The summed E-state index contributed by atoms with van der Waals surface area (Å²) in [4.78, 5) is 0. The van der Waals surface area contributed by atoms with Crippen molar-refractivity contribution >= 4 is 0 Å². The van der Waals surface area contributed by atoms with Gasteiger partial charge in [0, 0.05) is 5.41 Å². The first-order chi connectivity index (χ1) is 6.09. The molecular formula is C12H22O2. The first kappa shape index (κ1) is 10.4. The number of fused-ring (bicyclic) bond motifs is 2. The SMILES string of the molecule is CC1(C)[C@H]2CC[C@@]1(C)[C@@](C)(O)[C@]2(C)O. The highest BCUT2D eigenvalue weighted by atomic mass is 16.4. The molecule has 14 heavy (non-hydrogen) atoms. The van der Waals surface area contributed by atoms with Gasteiger partial charge in [0.05, 0.1) is 11.2 Å². The van der Waals surface area contributed by atoms with Gasteiger partial charge in [-0.3, -0.25) is 0 Å². The second kappa shape index (κ2) is 2.19. The Hall–Kier alpha value is -0.0800. The first-order valence-corrected chi connectivity index (χ1v) is 5.54. The fourth-order valence-electron chi connectivity index (χ4n) is 4.25. The van der Waals surface area contributed by atoms with Crippen molar-refractivity contribution in [2.45, 2.75) is 58.7 Å². The van der Waals surface area contributed by atoms with Crippen LogP contribution in [0, 0.1) is 16.7 Å². The second-order valence-electron chi connectivity index (χ2n) is 6.36. The molecule has 0 radical (unpaired) electrons. The third-order valence-corrected chi connectivity index (χ3v) is 5.96. The monoisotopic (exact) mass is 198 g/mol. The molecule has 2 nitrogen and oxygen atoms in total. The molecule has 2 aliphatic carbocycles. The van der Waals surface area contributed by atoms with Crippen molar-refractivity contribution in [3.8, 4) is 0 Å². The number of aliphatic hydroxyl groups is 2. The van der Waals surface area contributed by atoms with Crippen LogP contribution < -0.4 is 0 Å². The predicted octanol–water partition coefficient (Wildman–Crippen LogP) is 1.94. The molecule has 82 valence electrons. The Labute approximate surface area is 86.3 Å². The lowest BCUT2D eigenvalue weighted by Gasteiger charge is -2.47. The van der Waals surface area contributed by atoms with Crippen LogP contribution in [-0.4, -0.2) is 21.4 Å². The van der Waals surface area contributed by atoms with Crippen LogP contribution in [0.2, 0.25) is 0 Å². The summed E-state index contributed by atoms with van der Waals surface area (Å²) in [5.41, 5.74) is -2.04. The Morgan fingerprint density at radius 3 is 1.71 bits per heavy atom. The fraction of sp³-hybridized carbons (Fsp3) is 1.00. The zero-order valence-corrected chi connectivity index (χ0v) is 9.89. The fourth-order valence-corrected chi connectivity index (χ4v) is 4.25. The molecule has 0 heterocycles. The molecule has 0 spiro atoms. The largest absolute Gasteiger partial charge is 0.387 e. The van der Waals surface area contributed by atoms with Crippen LogP contribution in [0.25, 0.3) is 0 Å². The maximum absolute atomic E-state index is 10.6. The van der Waals surface area contributed by atoms with Crippen molar-refractivity contribution in [3.63, 3.8) is 0 Å². The maximum atomic E-state index is 10.6. The Kier molecular flexibility index (Phi) is 1.64. The standard InChI is InChI=1S/C12H22O2/c1-9(2)8-6-7-10(9,3)12(5,14)11(8,4)13/h8,13-14H,6-7H2,1-5H3/t8-,10-,11-,12-/m1/s1. The van der Waals surface area contributed by atoms with Crippen LogP contribution in [0.4, 0.5) is 0 Å². The third-order valence-electron chi connectivity index (χ3n) is 5.96. The van der Waals surface area contributed by atoms with Crippen LogP contribution in [0.5, 0.6) is 0 Å². The van der Waals surface area contributed by atoms with Gasteiger partial charge in [0.25, 0.3) is 0 Å². The van der Waals surface area contributed by atoms with Gasteiger partial charge in [-0.15, -0.1) is 0 Å². The van der Waals surface area contributed by atoms with E-state index in [2.05, 4.69) is 20.8 Å². The lowest BCUT2D eigenvalue weighted by Crippen LogP contribution is -2.58. The van der Waals surface area contributed by atoms with Crippen LogP contribution in [0.15, 0.2) is 0 Å². The van der Waals surface area contributed by atoms with Gasteiger partial charge in [-0.2, -0.15) is 0 Å². The lowest BCUT2D eigenvalue weighted by molar-refractivity contribution is -0.186. The average molecular weight is 198 g/mol. The van der Waals surface area contributed by atoms with Crippen LogP contribution in [0.1, 0.15) is 47.5 Å². The zero-order valence-electron chi connectivity index (χ0n) is 9.89. The molecule has 0 unspecified atom stereocenters. The topological polar surface area (TPSA) is 40.5 Å². The minimum absolute atomic E-state index is 0.0278. The molecule has 2 heteroatoms. The summed E-state index contributed by atoms with van der Waals surface area (Å²) >= 11 is 0. The van der Waals surface area contributed by atoms with E-state index in [1.807, 2.05) is 0 Å². The molecule has 0 saturated heterocycles. The van der Waals surface area contributed by atoms with Gasteiger partial charge in [0.2, 0.25) is 0 Å². The Bertz CT molecular complexity index is 270. The molecule has 0 aromatic rings. The van der Waals surface area contributed by atoms with Gasteiger partial charge in [-0.25, -0.2) is 0 Å². The molecule has 4 atom stereocenters. The highest BCUT2D eigenvalue weighted by Crippen LogP contribution is 2.72. The molecule has 2 aliphatic rings. The minimum Gasteiger partial charge on any atom is -0.387 e. The van der Waals surface area contributed by atoms with E-state index < -0.39 is 11.2 Å². The number of rotatable bonds is 0. The number of hydrogen-bond acceptors (Lipinski definition) is 2. The van der Waals surface area contributed by atoms with Crippen molar-refractivity contribution < 1.29 is 10.2 Å². The molecule has 0 aromatic carbocycles. The van der Waals surface area contributed by atoms with Crippen molar-refractivity contribution in [2.75, 3.05) is 0 Å².